The lowest BCUT2D eigenvalue weighted by Gasteiger charge is -2.09. The highest BCUT2D eigenvalue weighted by Gasteiger charge is 2.12. The number of anilines is 3. The van der Waals surface area contributed by atoms with Crippen molar-refractivity contribution < 1.29 is 13.6 Å². The summed E-state index contributed by atoms with van der Waals surface area (Å²) in [5.41, 5.74) is 0.714. The molecule has 0 fully saturated rings. The Morgan fingerprint density at radius 3 is 2.23 bits per heavy atom. The van der Waals surface area contributed by atoms with Crippen LogP contribution < -0.4 is 10.6 Å². The predicted octanol–water partition coefficient (Wildman–Crippen LogP) is 5.06. The van der Waals surface area contributed by atoms with Gasteiger partial charge in [0.2, 0.25) is 5.95 Å². The van der Waals surface area contributed by atoms with Crippen LogP contribution in [-0.4, -0.2) is 15.9 Å². The monoisotopic (exact) mass is 394 g/mol. The van der Waals surface area contributed by atoms with Crippen LogP contribution in [0.5, 0.6) is 0 Å². The van der Waals surface area contributed by atoms with Gasteiger partial charge in [0.05, 0.1) is 21.3 Å². The summed E-state index contributed by atoms with van der Waals surface area (Å²) in [4.78, 5) is 20.2. The van der Waals surface area contributed by atoms with Gasteiger partial charge in [-0.25, -0.2) is 18.7 Å². The van der Waals surface area contributed by atoms with Gasteiger partial charge in [0.25, 0.3) is 5.91 Å². The van der Waals surface area contributed by atoms with Crippen molar-refractivity contribution in [3.05, 3.63) is 76.0 Å². The fourth-order valence-electron chi connectivity index (χ4n) is 2.02. The molecule has 0 aliphatic rings. The summed E-state index contributed by atoms with van der Waals surface area (Å²) >= 11 is 12.0. The maximum Gasteiger partial charge on any atom is 0.258 e. The van der Waals surface area contributed by atoms with E-state index in [-0.39, 0.29) is 22.9 Å². The van der Waals surface area contributed by atoms with Crippen LogP contribution in [0.4, 0.5) is 26.1 Å². The van der Waals surface area contributed by atoms with Crippen LogP contribution in [0, 0.1) is 11.6 Å². The lowest BCUT2D eigenvalue weighted by Crippen LogP contribution is -2.13. The van der Waals surface area contributed by atoms with E-state index >= 15 is 0 Å². The van der Waals surface area contributed by atoms with Crippen LogP contribution in [-0.2, 0) is 0 Å². The summed E-state index contributed by atoms with van der Waals surface area (Å²) in [5.74, 6) is -2.34. The van der Waals surface area contributed by atoms with Crippen LogP contribution in [0.25, 0.3) is 0 Å². The number of carbonyl (C=O) groups is 1. The Kier molecular flexibility index (Phi) is 5.29. The van der Waals surface area contributed by atoms with Crippen molar-refractivity contribution in [1.29, 1.82) is 0 Å². The number of carbonyl (C=O) groups excluding carboxylic acids is 1. The van der Waals surface area contributed by atoms with E-state index in [0.29, 0.717) is 10.0 Å². The molecule has 132 valence electrons. The zero-order valence-corrected chi connectivity index (χ0v) is 14.4. The summed E-state index contributed by atoms with van der Waals surface area (Å²) in [5, 5.41) is 5.88. The molecule has 0 bridgehead atoms. The van der Waals surface area contributed by atoms with Crippen molar-refractivity contribution >= 4 is 46.4 Å². The molecule has 0 atom stereocenters. The number of benzene rings is 2. The molecule has 5 nitrogen and oxygen atoms in total. The van der Waals surface area contributed by atoms with Gasteiger partial charge in [0, 0.05) is 24.1 Å². The third-order valence-corrected chi connectivity index (χ3v) is 3.92. The highest BCUT2D eigenvalue weighted by Crippen LogP contribution is 2.30. The Labute approximate surface area is 157 Å². The Morgan fingerprint density at radius 1 is 0.962 bits per heavy atom. The molecule has 3 rings (SSSR count). The summed E-state index contributed by atoms with van der Waals surface area (Å²) in [6.45, 7) is 0. The number of amides is 1. The van der Waals surface area contributed by atoms with Gasteiger partial charge in [-0.05, 0) is 24.3 Å². The smallest absolute Gasteiger partial charge is 0.258 e. The molecule has 0 saturated carbocycles. The molecular formula is C17H10Cl2F2N4O. The minimum absolute atomic E-state index is 0.114. The number of hydrogen-bond donors (Lipinski definition) is 2. The van der Waals surface area contributed by atoms with Crippen LogP contribution in [0.1, 0.15) is 10.4 Å². The number of aromatic nitrogens is 2. The minimum atomic E-state index is -0.998. The average molecular weight is 395 g/mol. The fourth-order valence-corrected chi connectivity index (χ4v) is 2.51. The highest BCUT2D eigenvalue weighted by atomic mass is 35.5. The van der Waals surface area contributed by atoms with E-state index < -0.39 is 17.5 Å². The molecular weight excluding hydrogens is 385 g/mol. The molecule has 0 unspecified atom stereocenters. The van der Waals surface area contributed by atoms with E-state index in [0.717, 1.165) is 12.1 Å². The van der Waals surface area contributed by atoms with Gasteiger partial charge in [-0.2, -0.15) is 0 Å². The van der Waals surface area contributed by atoms with E-state index in [1.165, 1.54) is 18.5 Å². The predicted molar refractivity (Wildman–Crippen MR) is 96.1 cm³/mol. The zero-order chi connectivity index (χ0) is 18.7. The molecule has 0 aliphatic heterocycles. The maximum absolute atomic E-state index is 13.2. The molecule has 1 aromatic heterocycles. The second-order valence-electron chi connectivity index (χ2n) is 5.10. The average Bonchev–Trinajstić information content (AvgIpc) is 2.62. The quantitative estimate of drug-likeness (QED) is 0.648. The van der Waals surface area contributed by atoms with Crippen molar-refractivity contribution in [3.8, 4) is 0 Å². The van der Waals surface area contributed by atoms with E-state index in [2.05, 4.69) is 20.6 Å². The molecule has 1 heterocycles. The number of rotatable bonds is 4. The Balaban J connectivity index is 1.72. The second-order valence-corrected chi connectivity index (χ2v) is 5.91. The number of halogens is 4. The number of nitrogens with one attached hydrogen (secondary N) is 2. The van der Waals surface area contributed by atoms with Gasteiger partial charge in [-0.1, -0.05) is 29.3 Å². The zero-order valence-electron chi connectivity index (χ0n) is 12.9. The SMILES string of the molecule is O=C(Nc1c(Cl)cccc1Cl)c1cnc(Nc2ccc(F)c(F)c2)nc1. The first-order valence-electron chi connectivity index (χ1n) is 7.23. The summed E-state index contributed by atoms with van der Waals surface area (Å²) in [7, 11) is 0. The van der Waals surface area contributed by atoms with E-state index in [1.54, 1.807) is 18.2 Å². The molecule has 2 N–H and O–H groups in total. The van der Waals surface area contributed by atoms with Gasteiger partial charge >= 0.3 is 0 Å². The molecule has 0 aliphatic carbocycles. The standard InChI is InChI=1S/C17H10Cl2F2N4O/c18-11-2-1-3-12(19)15(11)25-16(26)9-7-22-17(23-8-9)24-10-4-5-13(20)14(21)6-10/h1-8H,(H,25,26)(H,22,23,24). The molecule has 26 heavy (non-hydrogen) atoms. The summed E-state index contributed by atoms with van der Waals surface area (Å²) in [6, 6.07) is 8.12. The lowest BCUT2D eigenvalue weighted by atomic mass is 10.2. The van der Waals surface area contributed by atoms with Crippen molar-refractivity contribution in [2.45, 2.75) is 0 Å². The molecule has 9 heteroatoms. The van der Waals surface area contributed by atoms with Crippen LogP contribution in [0.2, 0.25) is 10.0 Å². The third-order valence-electron chi connectivity index (χ3n) is 3.29. The lowest BCUT2D eigenvalue weighted by molar-refractivity contribution is 0.102. The highest BCUT2D eigenvalue weighted by molar-refractivity contribution is 6.40. The molecule has 0 spiro atoms. The van der Waals surface area contributed by atoms with E-state index in [1.807, 2.05) is 0 Å². The Bertz CT molecular complexity index is 947. The van der Waals surface area contributed by atoms with Gasteiger partial charge < -0.3 is 10.6 Å². The van der Waals surface area contributed by atoms with Crippen molar-refractivity contribution in [2.75, 3.05) is 10.6 Å². The molecule has 2 aromatic carbocycles. The molecule has 0 radical (unpaired) electrons. The van der Waals surface area contributed by atoms with Gasteiger partial charge in [-0.3, -0.25) is 4.79 Å². The summed E-state index contributed by atoms with van der Waals surface area (Å²) < 4.78 is 26.1. The number of nitrogens with zero attached hydrogens (tertiary/aromatic N) is 2. The fraction of sp³-hybridized carbons (Fsp3) is 0. The second kappa shape index (κ2) is 7.63. The first kappa shape index (κ1) is 18.0. The summed E-state index contributed by atoms with van der Waals surface area (Å²) in [6.07, 6.45) is 2.55. The first-order valence-corrected chi connectivity index (χ1v) is 7.99. The van der Waals surface area contributed by atoms with Gasteiger partial charge in [-0.15, -0.1) is 0 Å². The normalized spacial score (nSPS) is 10.5. The van der Waals surface area contributed by atoms with Crippen molar-refractivity contribution in [1.82, 2.24) is 9.97 Å². The first-order chi connectivity index (χ1) is 12.4. The largest absolute Gasteiger partial charge is 0.324 e. The van der Waals surface area contributed by atoms with Gasteiger partial charge in [0.1, 0.15) is 0 Å². The van der Waals surface area contributed by atoms with Gasteiger partial charge in [0.15, 0.2) is 11.6 Å². The third kappa shape index (κ3) is 4.07. The van der Waals surface area contributed by atoms with Crippen LogP contribution in [0.15, 0.2) is 48.8 Å². The van der Waals surface area contributed by atoms with Crippen LogP contribution >= 0.6 is 23.2 Å². The van der Waals surface area contributed by atoms with E-state index in [4.69, 9.17) is 23.2 Å². The number of hydrogen-bond acceptors (Lipinski definition) is 4. The van der Waals surface area contributed by atoms with Crippen molar-refractivity contribution in [3.63, 3.8) is 0 Å². The molecule has 3 aromatic rings. The molecule has 1 amide bonds. The number of para-hydroxylation sites is 1. The maximum atomic E-state index is 13.2. The topological polar surface area (TPSA) is 66.9 Å². The molecule has 0 saturated heterocycles. The Hall–Kier alpha value is -2.77. The Morgan fingerprint density at radius 2 is 1.62 bits per heavy atom. The van der Waals surface area contributed by atoms with E-state index in [9.17, 15) is 13.6 Å². The van der Waals surface area contributed by atoms with Crippen LogP contribution in [0.3, 0.4) is 0 Å². The minimum Gasteiger partial charge on any atom is -0.324 e. The van der Waals surface area contributed by atoms with Crippen molar-refractivity contribution in [2.24, 2.45) is 0 Å².